The van der Waals surface area contributed by atoms with Gasteiger partial charge in [-0.1, -0.05) is 67.6 Å². The first kappa shape index (κ1) is 21.3. The number of carbonyl (C=O) groups excluding carboxylic acids is 1. The van der Waals surface area contributed by atoms with E-state index in [-0.39, 0.29) is 11.6 Å². The largest absolute Gasteiger partial charge is 0.285 e. The van der Waals surface area contributed by atoms with Gasteiger partial charge in [-0.3, -0.25) is 9.78 Å². The molecule has 9 nitrogen and oxygen atoms in total. The molecule has 1 N–H and O–H groups in total. The Morgan fingerprint density at radius 2 is 1.82 bits per heavy atom. The second kappa shape index (κ2) is 9.53. The van der Waals surface area contributed by atoms with Gasteiger partial charge in [-0.25, -0.2) is 14.8 Å². The quantitative estimate of drug-likeness (QED) is 0.358. The monoisotopic (exact) mass is 450 g/mol. The molecule has 0 spiro atoms. The first-order chi connectivity index (χ1) is 16.7. The highest BCUT2D eigenvalue weighted by molar-refractivity contribution is 6.06. The number of aromatic amines is 1. The fourth-order valence-corrected chi connectivity index (χ4v) is 3.77. The third kappa shape index (κ3) is 4.36. The number of rotatable bonds is 8. The summed E-state index contributed by atoms with van der Waals surface area (Å²) in [6, 6.07) is 21.1. The lowest BCUT2D eigenvalue weighted by atomic mass is 10.0. The van der Waals surface area contributed by atoms with Gasteiger partial charge in [-0.15, -0.1) is 10.2 Å². The highest BCUT2D eigenvalue weighted by Crippen LogP contribution is 2.28. The molecule has 0 aliphatic rings. The second-order valence-electron chi connectivity index (χ2n) is 7.80. The van der Waals surface area contributed by atoms with Crippen LogP contribution in [0, 0.1) is 0 Å². The van der Waals surface area contributed by atoms with Crippen LogP contribution in [-0.2, 0) is 13.0 Å². The van der Waals surface area contributed by atoms with Crippen LogP contribution >= 0.6 is 0 Å². The van der Waals surface area contributed by atoms with Crippen molar-refractivity contribution in [3.63, 3.8) is 0 Å². The van der Waals surface area contributed by atoms with Crippen molar-refractivity contribution >= 4 is 5.78 Å². The zero-order valence-corrected chi connectivity index (χ0v) is 18.6. The topological polar surface area (TPSA) is 115 Å². The van der Waals surface area contributed by atoms with Gasteiger partial charge in [0, 0.05) is 23.7 Å². The van der Waals surface area contributed by atoms with E-state index in [9.17, 15) is 4.79 Å². The van der Waals surface area contributed by atoms with E-state index in [1.807, 2.05) is 59.3 Å². The van der Waals surface area contributed by atoms with Gasteiger partial charge in [-0.2, -0.15) is 0 Å². The summed E-state index contributed by atoms with van der Waals surface area (Å²) in [4.78, 5) is 21.8. The van der Waals surface area contributed by atoms with Gasteiger partial charge in [0.25, 0.3) is 0 Å². The average Bonchev–Trinajstić information content (AvgIpc) is 3.56. The van der Waals surface area contributed by atoms with Crippen LogP contribution in [0.1, 0.15) is 40.9 Å². The van der Waals surface area contributed by atoms with Crippen LogP contribution in [-0.4, -0.2) is 46.2 Å². The summed E-state index contributed by atoms with van der Waals surface area (Å²) >= 11 is 0. The summed E-state index contributed by atoms with van der Waals surface area (Å²) in [7, 11) is 0. The summed E-state index contributed by atoms with van der Waals surface area (Å²) in [5.41, 5.74) is 4.25. The maximum Gasteiger partial charge on any atom is 0.232 e. The van der Waals surface area contributed by atoms with Crippen molar-refractivity contribution in [1.29, 1.82) is 0 Å². The molecule has 34 heavy (non-hydrogen) atoms. The zero-order chi connectivity index (χ0) is 23.3. The Balaban J connectivity index is 1.41. The minimum Gasteiger partial charge on any atom is -0.285 e. The molecule has 0 unspecified atom stereocenters. The summed E-state index contributed by atoms with van der Waals surface area (Å²) in [5, 5.41) is 18.6. The van der Waals surface area contributed by atoms with Gasteiger partial charge < -0.3 is 0 Å². The van der Waals surface area contributed by atoms with Crippen LogP contribution < -0.4 is 0 Å². The number of nitrogens with one attached hydrogen (secondary N) is 1. The minimum atomic E-state index is -0.168. The molecule has 168 valence electrons. The standard InChI is InChI=1S/C25H22N8O/c1-2-7-21-27-25(23(34)19-8-4-3-5-9-19)30-33(21)16-17-11-13-18(14-12-17)20-10-6-15-26-22(20)24-28-31-32-29-24/h3-6,8-15H,2,7,16H2,1H3,(H,28,29,31,32). The molecule has 5 rings (SSSR count). The van der Waals surface area contributed by atoms with Gasteiger partial charge in [0.1, 0.15) is 11.5 Å². The molecule has 0 bridgehead atoms. The Morgan fingerprint density at radius 3 is 2.56 bits per heavy atom. The van der Waals surface area contributed by atoms with Gasteiger partial charge in [-0.05, 0) is 34.0 Å². The highest BCUT2D eigenvalue weighted by Gasteiger charge is 2.18. The third-order valence-corrected chi connectivity index (χ3v) is 5.44. The number of aromatic nitrogens is 8. The first-order valence-corrected chi connectivity index (χ1v) is 11.0. The molecule has 0 fully saturated rings. The maximum atomic E-state index is 12.8. The lowest BCUT2D eigenvalue weighted by molar-refractivity contribution is 0.102. The number of nitrogens with zero attached hydrogens (tertiary/aromatic N) is 7. The number of ketones is 1. The predicted octanol–water partition coefficient (Wildman–Crippen LogP) is 3.75. The minimum absolute atomic E-state index is 0.168. The van der Waals surface area contributed by atoms with E-state index in [2.05, 4.69) is 42.6 Å². The number of H-pyrrole nitrogens is 1. The molecule has 0 radical (unpaired) electrons. The van der Waals surface area contributed by atoms with Crippen molar-refractivity contribution in [3.8, 4) is 22.6 Å². The number of hydrogen-bond donors (Lipinski definition) is 1. The highest BCUT2D eigenvalue weighted by atomic mass is 16.1. The molecular formula is C25H22N8O. The lowest BCUT2D eigenvalue weighted by Gasteiger charge is -2.09. The normalized spacial score (nSPS) is 11.0. The Hall–Kier alpha value is -4.53. The van der Waals surface area contributed by atoms with Crippen LogP contribution in [0.25, 0.3) is 22.6 Å². The first-order valence-electron chi connectivity index (χ1n) is 11.0. The van der Waals surface area contributed by atoms with Crippen molar-refractivity contribution in [1.82, 2.24) is 40.4 Å². The van der Waals surface area contributed by atoms with Crippen LogP contribution in [0.5, 0.6) is 0 Å². The van der Waals surface area contributed by atoms with Gasteiger partial charge in [0.15, 0.2) is 5.82 Å². The van der Waals surface area contributed by atoms with Crippen molar-refractivity contribution in [3.05, 3.63) is 95.7 Å². The van der Waals surface area contributed by atoms with Crippen molar-refractivity contribution < 1.29 is 4.79 Å². The van der Waals surface area contributed by atoms with Gasteiger partial charge in [0.2, 0.25) is 11.6 Å². The molecule has 0 aliphatic heterocycles. The Labute approximate surface area is 195 Å². The number of tetrazole rings is 1. The third-order valence-electron chi connectivity index (χ3n) is 5.44. The molecule has 0 aliphatic carbocycles. The lowest BCUT2D eigenvalue weighted by Crippen LogP contribution is -2.08. The Morgan fingerprint density at radius 1 is 1.00 bits per heavy atom. The van der Waals surface area contributed by atoms with Crippen molar-refractivity contribution in [2.45, 2.75) is 26.3 Å². The summed E-state index contributed by atoms with van der Waals surface area (Å²) in [6.45, 7) is 2.61. The van der Waals surface area contributed by atoms with Crippen LogP contribution in [0.4, 0.5) is 0 Å². The molecule has 3 heterocycles. The van der Waals surface area contributed by atoms with E-state index in [0.717, 1.165) is 35.4 Å². The van der Waals surface area contributed by atoms with Crippen molar-refractivity contribution in [2.75, 3.05) is 0 Å². The molecular weight excluding hydrogens is 428 g/mol. The van der Waals surface area contributed by atoms with E-state index in [0.29, 0.717) is 23.6 Å². The summed E-state index contributed by atoms with van der Waals surface area (Å²) in [5.74, 6) is 1.38. The molecule has 2 aromatic carbocycles. The summed E-state index contributed by atoms with van der Waals surface area (Å²) < 4.78 is 1.82. The fraction of sp³-hybridized carbons (Fsp3) is 0.160. The van der Waals surface area contributed by atoms with Gasteiger partial charge in [0.05, 0.1) is 6.54 Å². The van der Waals surface area contributed by atoms with Crippen LogP contribution in [0.2, 0.25) is 0 Å². The Kier molecular flexibility index (Phi) is 5.98. The smallest absolute Gasteiger partial charge is 0.232 e. The molecule has 0 saturated carbocycles. The van der Waals surface area contributed by atoms with Crippen LogP contribution in [0.3, 0.4) is 0 Å². The van der Waals surface area contributed by atoms with E-state index >= 15 is 0 Å². The zero-order valence-electron chi connectivity index (χ0n) is 18.6. The second-order valence-corrected chi connectivity index (χ2v) is 7.80. The molecule has 0 amide bonds. The number of carbonyl (C=O) groups is 1. The summed E-state index contributed by atoms with van der Waals surface area (Å²) in [6.07, 6.45) is 3.37. The Bertz CT molecular complexity index is 1390. The van der Waals surface area contributed by atoms with E-state index in [1.54, 1.807) is 18.3 Å². The van der Waals surface area contributed by atoms with Crippen LogP contribution in [0.15, 0.2) is 72.9 Å². The fourth-order valence-electron chi connectivity index (χ4n) is 3.77. The molecule has 9 heteroatoms. The number of benzene rings is 2. The number of pyridine rings is 1. The molecule has 0 saturated heterocycles. The van der Waals surface area contributed by atoms with E-state index in [1.165, 1.54) is 0 Å². The van der Waals surface area contributed by atoms with Gasteiger partial charge >= 0.3 is 0 Å². The van der Waals surface area contributed by atoms with E-state index in [4.69, 9.17) is 0 Å². The SMILES string of the molecule is CCCc1nc(C(=O)c2ccccc2)nn1Cc1ccc(-c2cccnc2-c2nnn[nH]2)cc1. The molecule has 3 aromatic heterocycles. The van der Waals surface area contributed by atoms with E-state index < -0.39 is 0 Å². The molecule has 0 atom stereocenters. The maximum absolute atomic E-state index is 12.8. The average molecular weight is 451 g/mol. The predicted molar refractivity (Wildman–Crippen MR) is 126 cm³/mol. The van der Waals surface area contributed by atoms with Crippen molar-refractivity contribution in [2.24, 2.45) is 0 Å². The number of hydrogen-bond acceptors (Lipinski definition) is 7. The number of aryl methyl sites for hydroxylation is 1. The molecule has 5 aromatic rings.